The molecule has 6 nitrogen and oxygen atoms in total. The minimum atomic E-state index is -1.05. The summed E-state index contributed by atoms with van der Waals surface area (Å²) >= 11 is 0. The van der Waals surface area contributed by atoms with E-state index in [0.29, 0.717) is 17.0 Å². The molecule has 0 atom stereocenters. The molecule has 6 heteroatoms. The number of hydrogen-bond donors (Lipinski definition) is 3. The molecule has 102 valence electrons. The lowest BCUT2D eigenvalue weighted by atomic mass is 10.1. The third-order valence-electron chi connectivity index (χ3n) is 2.77. The number of aromatic carboxylic acids is 1. The lowest BCUT2D eigenvalue weighted by Gasteiger charge is -2.12. The largest absolute Gasteiger partial charge is 0.488 e. The second kappa shape index (κ2) is 5.09. The van der Waals surface area contributed by atoms with Crippen molar-refractivity contribution in [2.75, 3.05) is 12.8 Å². The third kappa shape index (κ3) is 3.09. The monoisotopic (exact) mass is 264 g/mol. The highest BCUT2D eigenvalue weighted by Gasteiger charge is 2.25. The average molecular weight is 264 g/mol. The quantitative estimate of drug-likeness (QED) is 0.548. The van der Waals surface area contributed by atoms with Gasteiger partial charge in [-0.05, 0) is 25.0 Å². The zero-order valence-electron chi connectivity index (χ0n) is 10.6. The summed E-state index contributed by atoms with van der Waals surface area (Å²) in [7, 11) is 1.42. The molecule has 1 aliphatic carbocycles. The van der Waals surface area contributed by atoms with E-state index in [1.807, 2.05) is 0 Å². The van der Waals surface area contributed by atoms with Crippen molar-refractivity contribution in [1.29, 1.82) is 0 Å². The Kier molecular flexibility index (Phi) is 3.50. The Labute approximate surface area is 110 Å². The van der Waals surface area contributed by atoms with E-state index in [2.05, 4.69) is 0 Å². The van der Waals surface area contributed by atoms with Gasteiger partial charge in [-0.1, -0.05) is 0 Å². The lowest BCUT2D eigenvalue weighted by molar-refractivity contribution is 0.0696. The Hall–Kier alpha value is -2.37. The number of ether oxygens (including phenoxy) is 2. The number of benzene rings is 1. The summed E-state index contributed by atoms with van der Waals surface area (Å²) in [6.07, 6.45) is 3.52. The zero-order valence-corrected chi connectivity index (χ0v) is 10.6. The number of anilines is 1. The molecular formula is C13H16N2O4. The molecule has 0 radical (unpaired) electrons. The van der Waals surface area contributed by atoms with E-state index in [9.17, 15) is 4.79 Å². The highest BCUT2D eigenvalue weighted by Crippen LogP contribution is 2.34. The first kappa shape index (κ1) is 13.1. The maximum absolute atomic E-state index is 11.1. The normalized spacial score (nSPS) is 15.1. The minimum absolute atomic E-state index is 0.0972. The first-order valence-corrected chi connectivity index (χ1v) is 5.86. The van der Waals surface area contributed by atoms with Gasteiger partial charge in [-0.2, -0.15) is 0 Å². The summed E-state index contributed by atoms with van der Waals surface area (Å²) in [6.45, 7) is 0. The van der Waals surface area contributed by atoms with Crippen LogP contribution in [-0.2, 0) is 4.74 Å². The molecule has 0 saturated heterocycles. The van der Waals surface area contributed by atoms with Gasteiger partial charge in [-0.25, -0.2) is 4.79 Å². The van der Waals surface area contributed by atoms with Gasteiger partial charge < -0.3 is 26.0 Å². The second-order valence-electron chi connectivity index (χ2n) is 4.35. The summed E-state index contributed by atoms with van der Waals surface area (Å²) in [5.41, 5.74) is 12.4. The van der Waals surface area contributed by atoms with Crippen LogP contribution in [0, 0.1) is 0 Å². The van der Waals surface area contributed by atoms with Crippen LogP contribution in [0.3, 0.4) is 0 Å². The van der Waals surface area contributed by atoms with Gasteiger partial charge in [-0.3, -0.25) is 0 Å². The standard InChI is InChI=1S/C13H16N2O4/c1-18-11(14)6-7-4-8(13(16)17)5-10(12(7)15)19-9-2-3-9/h4-6,9H,2-3,14-15H2,1H3,(H,16,17)/b11-6+. The number of nitrogen functional groups attached to an aromatic ring is 1. The van der Waals surface area contributed by atoms with Gasteiger partial charge >= 0.3 is 5.97 Å². The molecule has 1 fully saturated rings. The molecular weight excluding hydrogens is 248 g/mol. The predicted molar refractivity (Wildman–Crippen MR) is 70.6 cm³/mol. The predicted octanol–water partition coefficient (Wildman–Crippen LogP) is 1.41. The van der Waals surface area contributed by atoms with Crippen LogP contribution in [0.5, 0.6) is 5.75 Å². The van der Waals surface area contributed by atoms with Crippen molar-refractivity contribution in [3.63, 3.8) is 0 Å². The topological polar surface area (TPSA) is 108 Å². The van der Waals surface area contributed by atoms with E-state index in [4.69, 9.17) is 26.0 Å². The summed E-state index contributed by atoms with van der Waals surface area (Å²) in [6, 6.07) is 2.86. The number of carboxylic acids is 1. The average Bonchev–Trinajstić information content (AvgIpc) is 3.17. The lowest BCUT2D eigenvalue weighted by Crippen LogP contribution is -2.06. The van der Waals surface area contributed by atoms with E-state index < -0.39 is 5.97 Å². The van der Waals surface area contributed by atoms with Gasteiger partial charge in [0.1, 0.15) is 5.75 Å². The molecule has 0 heterocycles. The zero-order chi connectivity index (χ0) is 14.0. The Morgan fingerprint density at radius 1 is 1.47 bits per heavy atom. The van der Waals surface area contributed by atoms with Gasteiger partial charge in [-0.15, -0.1) is 0 Å². The van der Waals surface area contributed by atoms with Gasteiger partial charge in [0.2, 0.25) is 0 Å². The van der Waals surface area contributed by atoms with E-state index in [1.54, 1.807) is 0 Å². The molecule has 1 aromatic carbocycles. The molecule has 5 N–H and O–H groups in total. The van der Waals surface area contributed by atoms with Crippen molar-refractivity contribution < 1.29 is 19.4 Å². The van der Waals surface area contributed by atoms with Crippen molar-refractivity contribution in [3.8, 4) is 5.75 Å². The fourth-order valence-electron chi connectivity index (χ4n) is 1.57. The smallest absolute Gasteiger partial charge is 0.335 e. The van der Waals surface area contributed by atoms with Crippen LogP contribution in [0.25, 0.3) is 6.08 Å². The maximum Gasteiger partial charge on any atom is 0.335 e. The van der Waals surface area contributed by atoms with Gasteiger partial charge in [0.05, 0.1) is 24.5 Å². The van der Waals surface area contributed by atoms with Crippen molar-refractivity contribution in [2.24, 2.45) is 5.73 Å². The summed E-state index contributed by atoms with van der Waals surface area (Å²) in [5, 5.41) is 9.09. The summed E-state index contributed by atoms with van der Waals surface area (Å²) in [4.78, 5) is 11.1. The van der Waals surface area contributed by atoms with Crippen LogP contribution < -0.4 is 16.2 Å². The van der Waals surface area contributed by atoms with E-state index in [1.165, 1.54) is 25.3 Å². The number of hydrogen-bond acceptors (Lipinski definition) is 5. The molecule has 0 spiro atoms. The molecule has 19 heavy (non-hydrogen) atoms. The maximum atomic E-state index is 11.1. The number of carboxylic acid groups (broad SMARTS) is 1. The second-order valence-corrected chi connectivity index (χ2v) is 4.35. The van der Waals surface area contributed by atoms with Crippen molar-refractivity contribution in [2.45, 2.75) is 18.9 Å². The van der Waals surface area contributed by atoms with E-state index in [0.717, 1.165) is 12.8 Å². The molecule has 0 aromatic heterocycles. The number of carbonyl (C=O) groups is 1. The number of methoxy groups -OCH3 is 1. The fourth-order valence-corrected chi connectivity index (χ4v) is 1.57. The highest BCUT2D eigenvalue weighted by molar-refractivity contribution is 5.91. The number of rotatable bonds is 5. The first-order chi connectivity index (χ1) is 9.01. The first-order valence-electron chi connectivity index (χ1n) is 5.86. The van der Waals surface area contributed by atoms with Crippen LogP contribution in [0.15, 0.2) is 18.0 Å². The Morgan fingerprint density at radius 2 is 2.16 bits per heavy atom. The van der Waals surface area contributed by atoms with Crippen molar-refractivity contribution in [1.82, 2.24) is 0 Å². The van der Waals surface area contributed by atoms with Crippen LogP contribution >= 0.6 is 0 Å². The van der Waals surface area contributed by atoms with Crippen molar-refractivity contribution >= 4 is 17.7 Å². The molecule has 0 bridgehead atoms. The molecule has 2 rings (SSSR count). The molecule has 0 unspecified atom stereocenters. The fraction of sp³-hybridized carbons (Fsp3) is 0.308. The van der Waals surface area contributed by atoms with Crippen molar-refractivity contribution in [3.05, 3.63) is 29.1 Å². The molecule has 0 aliphatic heterocycles. The summed E-state index contributed by atoms with van der Waals surface area (Å²) < 4.78 is 10.4. The highest BCUT2D eigenvalue weighted by atomic mass is 16.5. The molecule has 1 aliphatic rings. The summed E-state index contributed by atoms with van der Waals surface area (Å²) in [5.74, 6) is -0.532. The van der Waals surface area contributed by atoms with Gasteiger partial charge in [0.25, 0.3) is 0 Å². The molecule has 0 amide bonds. The van der Waals surface area contributed by atoms with E-state index >= 15 is 0 Å². The molecule has 1 saturated carbocycles. The molecule has 1 aromatic rings. The SMILES string of the molecule is CO/C(N)=C/c1cc(C(=O)O)cc(OC2CC2)c1N. The van der Waals surface area contributed by atoms with Crippen LogP contribution in [0.2, 0.25) is 0 Å². The third-order valence-corrected chi connectivity index (χ3v) is 2.77. The van der Waals surface area contributed by atoms with Crippen LogP contribution in [0.1, 0.15) is 28.8 Å². The van der Waals surface area contributed by atoms with Gasteiger partial charge in [0, 0.05) is 11.6 Å². The minimum Gasteiger partial charge on any atom is -0.488 e. The Morgan fingerprint density at radius 3 is 2.68 bits per heavy atom. The van der Waals surface area contributed by atoms with E-state index in [-0.39, 0.29) is 17.6 Å². The van der Waals surface area contributed by atoms with Crippen LogP contribution in [-0.4, -0.2) is 24.3 Å². The Balaban J connectivity index is 2.44. The Bertz CT molecular complexity index is 536. The van der Waals surface area contributed by atoms with Crippen LogP contribution in [0.4, 0.5) is 5.69 Å². The van der Waals surface area contributed by atoms with Gasteiger partial charge in [0.15, 0.2) is 5.88 Å². The number of nitrogens with two attached hydrogens (primary N) is 2.